The number of ketones is 2. The molecule has 5 rings (SSSR count). The zero-order valence-electron chi connectivity index (χ0n) is 22.0. The molecule has 198 valence electrons. The van der Waals surface area contributed by atoms with E-state index in [0.29, 0.717) is 36.8 Å². The minimum absolute atomic E-state index is 0.0365. The van der Waals surface area contributed by atoms with E-state index in [1.165, 1.54) is 13.8 Å². The largest absolute Gasteiger partial charge is 0.461 e. The average molecular weight is 509 g/mol. The topological polar surface area (TPSA) is 107 Å². The molecule has 37 heavy (non-hydrogen) atoms. The van der Waals surface area contributed by atoms with Crippen LogP contribution in [-0.2, 0) is 28.7 Å². The zero-order valence-corrected chi connectivity index (χ0v) is 22.0. The van der Waals surface area contributed by atoms with Crippen molar-refractivity contribution in [2.24, 2.45) is 35.0 Å². The van der Waals surface area contributed by atoms with Crippen LogP contribution in [0.5, 0.6) is 0 Å². The minimum Gasteiger partial charge on any atom is -0.461 e. The number of allylic oxidation sites excluding steroid dienone is 4. The summed E-state index contributed by atoms with van der Waals surface area (Å²) >= 11 is 0. The summed E-state index contributed by atoms with van der Waals surface area (Å²) in [4.78, 5) is 50.7. The van der Waals surface area contributed by atoms with E-state index in [0.717, 1.165) is 5.57 Å². The Kier molecular flexibility index (Phi) is 6.21. The van der Waals surface area contributed by atoms with Gasteiger partial charge in [-0.05, 0) is 81.4 Å². The Labute approximate surface area is 217 Å². The molecular formula is C30H36O7. The first-order valence-corrected chi connectivity index (χ1v) is 13.3. The molecule has 5 aliphatic rings. The van der Waals surface area contributed by atoms with E-state index in [9.17, 15) is 24.3 Å². The summed E-state index contributed by atoms with van der Waals surface area (Å²) in [5.74, 6) is -2.17. The monoisotopic (exact) mass is 508 g/mol. The molecule has 0 aromatic heterocycles. The van der Waals surface area contributed by atoms with Crippen molar-refractivity contribution in [1.29, 1.82) is 0 Å². The fourth-order valence-electron chi connectivity index (χ4n) is 7.69. The third kappa shape index (κ3) is 3.89. The number of esters is 2. The van der Waals surface area contributed by atoms with Gasteiger partial charge in [-0.2, -0.15) is 0 Å². The molecule has 1 spiro atoms. The van der Waals surface area contributed by atoms with Gasteiger partial charge in [-0.15, -0.1) is 0 Å². The maximum atomic E-state index is 13.8. The third-order valence-corrected chi connectivity index (χ3v) is 9.77. The lowest BCUT2D eigenvalue weighted by molar-refractivity contribution is -0.151. The van der Waals surface area contributed by atoms with Crippen molar-refractivity contribution >= 4 is 23.5 Å². The minimum atomic E-state index is -1.31. The van der Waals surface area contributed by atoms with Crippen LogP contribution in [0.25, 0.3) is 0 Å². The van der Waals surface area contributed by atoms with Crippen LogP contribution >= 0.6 is 0 Å². The van der Waals surface area contributed by atoms with E-state index in [2.05, 4.69) is 19.6 Å². The molecule has 0 bridgehead atoms. The standard InChI is InChI=1S/C30H36O7/c1-15-10-26-23(9-8-20(15)7-6-17(3)31)29(28(34)37-26)13-21-12-22-18(4)27(33)36-25(22)11-16(2)30(21,35)14-24(29)19(5)32/h6-8,14-16,21-23,25-26,35H,4,9-13H2,1-3,5H3/b7-6+/t15-,16+,21?,22-,23-,25-,26+,29?,30+/m1/s1. The maximum Gasteiger partial charge on any atom is 0.334 e. The van der Waals surface area contributed by atoms with Crippen molar-refractivity contribution in [1.82, 2.24) is 0 Å². The summed E-state index contributed by atoms with van der Waals surface area (Å²) in [7, 11) is 0. The van der Waals surface area contributed by atoms with Gasteiger partial charge in [0.15, 0.2) is 11.6 Å². The third-order valence-electron chi connectivity index (χ3n) is 9.77. The molecule has 0 radical (unpaired) electrons. The Balaban J connectivity index is 1.59. The molecule has 9 atom stereocenters. The highest BCUT2D eigenvalue weighted by Crippen LogP contribution is 2.61. The van der Waals surface area contributed by atoms with Crippen LogP contribution in [0.4, 0.5) is 0 Å². The predicted molar refractivity (Wildman–Crippen MR) is 135 cm³/mol. The van der Waals surface area contributed by atoms with Gasteiger partial charge < -0.3 is 14.6 Å². The molecule has 2 heterocycles. The van der Waals surface area contributed by atoms with Crippen molar-refractivity contribution in [3.63, 3.8) is 0 Å². The lowest BCUT2D eigenvalue weighted by Gasteiger charge is -2.48. The van der Waals surface area contributed by atoms with Crippen LogP contribution in [0.2, 0.25) is 0 Å². The molecule has 3 aliphatic carbocycles. The average Bonchev–Trinajstić information content (AvgIpc) is 3.09. The SMILES string of the molecule is C=C1C(=O)O[C@@H]2C[C@H](C)[C@@]3(O)C=C(C(C)=O)C4(CC3C[C@H]12)C(=O)O[C@H]1C[C@@H](C)C(/C=C/C(C)=O)=CC[C@H]14. The lowest BCUT2D eigenvalue weighted by Crippen LogP contribution is -2.53. The Morgan fingerprint density at radius 1 is 1.11 bits per heavy atom. The zero-order chi connectivity index (χ0) is 26.9. The number of ether oxygens (including phenoxy) is 2. The lowest BCUT2D eigenvalue weighted by atomic mass is 9.54. The van der Waals surface area contributed by atoms with E-state index < -0.39 is 23.0 Å². The fraction of sp³-hybridized carbons (Fsp3) is 0.600. The summed E-state index contributed by atoms with van der Waals surface area (Å²) in [6.45, 7) is 10.9. The summed E-state index contributed by atoms with van der Waals surface area (Å²) < 4.78 is 11.6. The highest BCUT2D eigenvalue weighted by atomic mass is 16.6. The van der Waals surface area contributed by atoms with Gasteiger partial charge in [0.25, 0.3) is 0 Å². The molecule has 2 saturated heterocycles. The van der Waals surface area contributed by atoms with Crippen molar-refractivity contribution in [2.45, 2.75) is 77.6 Å². The highest BCUT2D eigenvalue weighted by Gasteiger charge is 2.66. The van der Waals surface area contributed by atoms with Gasteiger partial charge in [0.05, 0.1) is 5.60 Å². The normalized spacial score (nSPS) is 43.2. The van der Waals surface area contributed by atoms with Gasteiger partial charge >= 0.3 is 11.9 Å². The number of Topliss-reactive ketones (excluding diaryl/α,β-unsaturated/α-hetero) is 1. The second-order valence-electron chi connectivity index (χ2n) is 11.9. The van der Waals surface area contributed by atoms with Crippen LogP contribution in [0.3, 0.4) is 0 Å². The number of carbonyl (C=O) groups excluding carboxylic acids is 4. The van der Waals surface area contributed by atoms with Crippen LogP contribution < -0.4 is 0 Å². The Hall–Kier alpha value is -2.80. The van der Waals surface area contributed by atoms with Gasteiger partial charge in [-0.3, -0.25) is 14.4 Å². The van der Waals surface area contributed by atoms with E-state index in [1.807, 2.05) is 13.0 Å². The molecule has 7 nitrogen and oxygen atoms in total. The van der Waals surface area contributed by atoms with Gasteiger partial charge in [-0.25, -0.2) is 4.79 Å². The molecule has 1 saturated carbocycles. The first-order chi connectivity index (χ1) is 17.4. The predicted octanol–water partition coefficient (Wildman–Crippen LogP) is 3.81. The second kappa shape index (κ2) is 8.90. The molecule has 0 aromatic carbocycles. The number of fused-ring (bicyclic) bond motifs is 4. The number of aliphatic hydroxyl groups is 1. The van der Waals surface area contributed by atoms with Crippen molar-refractivity contribution in [3.05, 3.63) is 47.6 Å². The van der Waals surface area contributed by atoms with Gasteiger partial charge in [0.2, 0.25) is 0 Å². The van der Waals surface area contributed by atoms with Gasteiger partial charge in [0.1, 0.15) is 17.6 Å². The fourth-order valence-corrected chi connectivity index (χ4v) is 7.69. The molecule has 7 heteroatoms. The van der Waals surface area contributed by atoms with E-state index >= 15 is 0 Å². The second-order valence-corrected chi connectivity index (χ2v) is 11.9. The quantitative estimate of drug-likeness (QED) is 0.456. The summed E-state index contributed by atoms with van der Waals surface area (Å²) in [5, 5.41) is 12.0. The number of hydrogen-bond acceptors (Lipinski definition) is 7. The van der Waals surface area contributed by atoms with Crippen molar-refractivity contribution in [3.8, 4) is 0 Å². The van der Waals surface area contributed by atoms with Crippen LogP contribution in [-0.4, -0.2) is 46.4 Å². The number of carbonyl (C=O) groups is 4. The summed E-state index contributed by atoms with van der Waals surface area (Å²) in [6.07, 6.45) is 8.64. The molecule has 0 aromatic rings. The Bertz CT molecular complexity index is 1170. The smallest absolute Gasteiger partial charge is 0.334 e. The van der Waals surface area contributed by atoms with Crippen LogP contribution in [0, 0.1) is 35.0 Å². The Morgan fingerprint density at radius 2 is 1.84 bits per heavy atom. The van der Waals surface area contributed by atoms with Crippen molar-refractivity contribution in [2.75, 3.05) is 0 Å². The molecule has 1 N–H and O–H groups in total. The molecule has 2 unspecified atom stereocenters. The molecule has 3 fully saturated rings. The summed E-state index contributed by atoms with van der Waals surface area (Å²) in [5.41, 5.74) is -0.724. The molecular weight excluding hydrogens is 472 g/mol. The van der Waals surface area contributed by atoms with E-state index in [-0.39, 0.29) is 59.8 Å². The van der Waals surface area contributed by atoms with Gasteiger partial charge in [0, 0.05) is 23.0 Å². The molecule has 0 amide bonds. The van der Waals surface area contributed by atoms with E-state index in [4.69, 9.17) is 9.47 Å². The van der Waals surface area contributed by atoms with Crippen LogP contribution in [0.1, 0.15) is 59.8 Å². The van der Waals surface area contributed by atoms with Gasteiger partial charge in [-0.1, -0.05) is 32.6 Å². The highest BCUT2D eigenvalue weighted by molar-refractivity contribution is 6.03. The van der Waals surface area contributed by atoms with E-state index in [1.54, 1.807) is 12.2 Å². The number of hydrogen-bond donors (Lipinski definition) is 1. The maximum absolute atomic E-state index is 13.8. The number of rotatable bonds is 3. The first-order valence-electron chi connectivity index (χ1n) is 13.3. The molecule has 2 aliphatic heterocycles. The first kappa shape index (κ1) is 25.8. The Morgan fingerprint density at radius 3 is 2.51 bits per heavy atom. The summed E-state index contributed by atoms with van der Waals surface area (Å²) in [6, 6.07) is 0. The van der Waals surface area contributed by atoms with Crippen molar-refractivity contribution < 1.29 is 33.8 Å². The van der Waals surface area contributed by atoms with Crippen LogP contribution in [0.15, 0.2) is 47.6 Å².